The molecule has 1 rings (SSSR count). The van der Waals surface area contributed by atoms with E-state index in [9.17, 15) is 0 Å². The van der Waals surface area contributed by atoms with Gasteiger partial charge in [0.1, 0.15) is 0 Å². The van der Waals surface area contributed by atoms with Crippen LogP contribution in [0.1, 0.15) is 31.6 Å². The van der Waals surface area contributed by atoms with Crippen LogP contribution in [0.3, 0.4) is 0 Å². The Morgan fingerprint density at radius 3 is 2.67 bits per heavy atom. The predicted molar refractivity (Wildman–Crippen MR) is 55.5 cm³/mol. The third-order valence-corrected chi connectivity index (χ3v) is 3.01. The summed E-state index contributed by atoms with van der Waals surface area (Å²) in [5.41, 5.74) is 0. The first-order valence-electron chi connectivity index (χ1n) is 4.62. The zero-order valence-corrected chi connectivity index (χ0v) is 8.66. The largest absolute Gasteiger partial charge is 0.309 e. The maximum atomic E-state index is 3.53. The topological polar surface area (TPSA) is 12.0 Å². The first kappa shape index (κ1) is 9.75. The van der Waals surface area contributed by atoms with E-state index in [1.165, 1.54) is 17.7 Å². The van der Waals surface area contributed by atoms with Gasteiger partial charge < -0.3 is 5.32 Å². The average Bonchev–Trinajstić information content (AvgIpc) is 2.59. The van der Waals surface area contributed by atoms with Crippen LogP contribution in [0.25, 0.3) is 0 Å². The monoisotopic (exact) mass is 183 g/mol. The van der Waals surface area contributed by atoms with Gasteiger partial charge in [0.15, 0.2) is 0 Å². The molecule has 0 atom stereocenters. The van der Waals surface area contributed by atoms with Gasteiger partial charge in [0.2, 0.25) is 0 Å². The molecule has 1 aromatic rings. The Hall–Kier alpha value is -0.340. The summed E-state index contributed by atoms with van der Waals surface area (Å²) in [5.74, 6) is 0. The molecule has 2 heteroatoms. The van der Waals surface area contributed by atoms with Crippen LogP contribution in [-0.4, -0.2) is 6.04 Å². The maximum Gasteiger partial charge on any atom is 0.0302 e. The summed E-state index contributed by atoms with van der Waals surface area (Å²) in [5, 5.41) is 5.66. The summed E-state index contributed by atoms with van der Waals surface area (Å²) < 4.78 is 0. The van der Waals surface area contributed by atoms with Crippen LogP contribution in [0.15, 0.2) is 17.5 Å². The molecule has 0 saturated heterocycles. The predicted octanol–water partition coefficient (Wildman–Crippen LogP) is 3.03. The molecule has 12 heavy (non-hydrogen) atoms. The van der Waals surface area contributed by atoms with Crippen molar-refractivity contribution in [2.45, 2.75) is 39.3 Å². The molecule has 1 aromatic heterocycles. The van der Waals surface area contributed by atoms with Crippen LogP contribution in [0.4, 0.5) is 0 Å². The highest BCUT2D eigenvalue weighted by Crippen LogP contribution is 2.08. The Bertz CT molecular complexity index is 190. The first-order valence-corrected chi connectivity index (χ1v) is 5.50. The van der Waals surface area contributed by atoms with Crippen molar-refractivity contribution < 1.29 is 0 Å². The summed E-state index contributed by atoms with van der Waals surface area (Å²) in [4.78, 5) is 1.43. The molecule has 0 aliphatic rings. The van der Waals surface area contributed by atoms with E-state index in [2.05, 4.69) is 36.7 Å². The van der Waals surface area contributed by atoms with E-state index in [1.807, 2.05) is 11.3 Å². The van der Waals surface area contributed by atoms with Gasteiger partial charge in [-0.25, -0.2) is 0 Å². The van der Waals surface area contributed by atoms with Gasteiger partial charge in [-0.2, -0.15) is 0 Å². The van der Waals surface area contributed by atoms with Crippen LogP contribution < -0.4 is 5.32 Å². The van der Waals surface area contributed by atoms with Crippen molar-refractivity contribution in [3.05, 3.63) is 22.4 Å². The highest BCUT2D eigenvalue weighted by Gasteiger charge is 2.01. The Kier molecular flexibility index (Phi) is 4.33. The van der Waals surface area contributed by atoms with Crippen molar-refractivity contribution in [1.29, 1.82) is 0 Å². The first-order chi connectivity index (χ1) is 5.86. The van der Waals surface area contributed by atoms with Crippen LogP contribution in [-0.2, 0) is 6.54 Å². The van der Waals surface area contributed by atoms with E-state index >= 15 is 0 Å². The number of rotatable bonds is 5. The molecule has 0 radical (unpaired) electrons. The van der Waals surface area contributed by atoms with Crippen LogP contribution in [0.5, 0.6) is 0 Å². The van der Waals surface area contributed by atoms with E-state index in [0.717, 1.165) is 6.54 Å². The molecule has 1 N–H and O–H groups in total. The van der Waals surface area contributed by atoms with Gasteiger partial charge in [-0.05, 0) is 24.3 Å². The third kappa shape index (κ3) is 2.95. The van der Waals surface area contributed by atoms with Crippen molar-refractivity contribution in [3.63, 3.8) is 0 Å². The normalized spacial score (nSPS) is 10.9. The standard InChI is InChI=1S/C10H17NS/c1-3-9(4-2)11-8-10-6-5-7-12-10/h5-7,9,11H,3-4,8H2,1-2H3. The second-order valence-electron chi connectivity index (χ2n) is 2.97. The van der Waals surface area contributed by atoms with E-state index in [0.29, 0.717) is 6.04 Å². The lowest BCUT2D eigenvalue weighted by atomic mass is 10.2. The van der Waals surface area contributed by atoms with E-state index in [-0.39, 0.29) is 0 Å². The second-order valence-corrected chi connectivity index (χ2v) is 4.01. The fraction of sp³-hybridized carbons (Fsp3) is 0.600. The van der Waals surface area contributed by atoms with Crippen molar-refractivity contribution in [2.24, 2.45) is 0 Å². The number of hydrogen-bond acceptors (Lipinski definition) is 2. The lowest BCUT2D eigenvalue weighted by molar-refractivity contribution is 0.486. The van der Waals surface area contributed by atoms with Crippen LogP contribution >= 0.6 is 11.3 Å². The number of hydrogen-bond donors (Lipinski definition) is 1. The van der Waals surface area contributed by atoms with Crippen molar-refractivity contribution in [1.82, 2.24) is 5.32 Å². The minimum absolute atomic E-state index is 0.687. The Morgan fingerprint density at radius 1 is 1.42 bits per heavy atom. The van der Waals surface area contributed by atoms with Crippen LogP contribution in [0.2, 0.25) is 0 Å². The number of nitrogens with one attached hydrogen (secondary N) is 1. The minimum Gasteiger partial charge on any atom is -0.309 e. The zero-order chi connectivity index (χ0) is 8.81. The van der Waals surface area contributed by atoms with Crippen molar-refractivity contribution in [3.8, 4) is 0 Å². The Balaban J connectivity index is 2.25. The molecule has 0 spiro atoms. The maximum absolute atomic E-state index is 3.53. The highest BCUT2D eigenvalue weighted by atomic mass is 32.1. The fourth-order valence-corrected chi connectivity index (χ4v) is 1.89. The lowest BCUT2D eigenvalue weighted by Gasteiger charge is -2.13. The molecular formula is C10H17NS. The molecule has 0 amide bonds. The minimum atomic E-state index is 0.687. The lowest BCUT2D eigenvalue weighted by Crippen LogP contribution is -2.26. The summed E-state index contributed by atoms with van der Waals surface area (Å²) in [6.07, 6.45) is 2.45. The van der Waals surface area contributed by atoms with Gasteiger partial charge in [-0.1, -0.05) is 19.9 Å². The summed E-state index contributed by atoms with van der Waals surface area (Å²) in [6, 6.07) is 4.97. The van der Waals surface area contributed by atoms with Gasteiger partial charge in [0.25, 0.3) is 0 Å². The summed E-state index contributed by atoms with van der Waals surface area (Å²) in [6.45, 7) is 5.50. The van der Waals surface area contributed by atoms with Gasteiger partial charge in [-0.3, -0.25) is 0 Å². The molecule has 1 heterocycles. The van der Waals surface area contributed by atoms with E-state index in [1.54, 1.807) is 0 Å². The molecule has 0 fully saturated rings. The second kappa shape index (κ2) is 5.33. The molecule has 0 bridgehead atoms. The Labute approximate surface area is 78.8 Å². The van der Waals surface area contributed by atoms with E-state index in [4.69, 9.17) is 0 Å². The van der Waals surface area contributed by atoms with Gasteiger partial charge in [0.05, 0.1) is 0 Å². The number of thiophene rings is 1. The SMILES string of the molecule is CCC(CC)NCc1cccs1. The van der Waals surface area contributed by atoms with Gasteiger partial charge >= 0.3 is 0 Å². The molecule has 0 aliphatic carbocycles. The molecule has 0 saturated carbocycles. The molecule has 1 nitrogen and oxygen atoms in total. The molecule has 0 aliphatic heterocycles. The fourth-order valence-electron chi connectivity index (χ4n) is 1.24. The van der Waals surface area contributed by atoms with Gasteiger partial charge in [0, 0.05) is 17.5 Å². The molecular weight excluding hydrogens is 166 g/mol. The third-order valence-electron chi connectivity index (χ3n) is 2.13. The molecule has 0 aromatic carbocycles. The van der Waals surface area contributed by atoms with Crippen LogP contribution in [0, 0.1) is 0 Å². The summed E-state index contributed by atoms with van der Waals surface area (Å²) >= 11 is 1.82. The quantitative estimate of drug-likeness (QED) is 0.740. The van der Waals surface area contributed by atoms with Crippen molar-refractivity contribution in [2.75, 3.05) is 0 Å². The zero-order valence-electron chi connectivity index (χ0n) is 7.84. The molecule has 68 valence electrons. The van der Waals surface area contributed by atoms with Gasteiger partial charge in [-0.15, -0.1) is 11.3 Å². The highest BCUT2D eigenvalue weighted by molar-refractivity contribution is 7.09. The molecule has 0 unspecified atom stereocenters. The smallest absolute Gasteiger partial charge is 0.0302 e. The van der Waals surface area contributed by atoms with Crippen molar-refractivity contribution >= 4 is 11.3 Å². The Morgan fingerprint density at radius 2 is 2.17 bits per heavy atom. The summed E-state index contributed by atoms with van der Waals surface area (Å²) in [7, 11) is 0. The average molecular weight is 183 g/mol. The van der Waals surface area contributed by atoms with E-state index < -0.39 is 0 Å².